The van der Waals surface area contributed by atoms with Crippen molar-refractivity contribution in [2.24, 2.45) is 0 Å². The van der Waals surface area contributed by atoms with Crippen LogP contribution < -0.4 is 4.90 Å². The molecule has 18 heavy (non-hydrogen) atoms. The third-order valence-corrected chi connectivity index (χ3v) is 5.20. The molecule has 2 atom stereocenters. The number of rotatable bonds is 2. The van der Waals surface area contributed by atoms with Crippen molar-refractivity contribution in [1.29, 1.82) is 0 Å². The molecular formula is C14H19NO2S. The summed E-state index contributed by atoms with van der Waals surface area (Å²) in [5.41, 5.74) is 3.76. The van der Waals surface area contributed by atoms with Crippen LogP contribution in [0.4, 0.5) is 5.69 Å². The van der Waals surface area contributed by atoms with Crippen molar-refractivity contribution >= 4 is 23.4 Å². The van der Waals surface area contributed by atoms with E-state index < -0.39 is 5.97 Å². The van der Waals surface area contributed by atoms with Gasteiger partial charge in [0.15, 0.2) is 0 Å². The lowest BCUT2D eigenvalue weighted by Gasteiger charge is -2.39. The predicted octanol–water partition coefficient (Wildman–Crippen LogP) is 3.08. The van der Waals surface area contributed by atoms with Gasteiger partial charge in [0.2, 0.25) is 0 Å². The zero-order valence-corrected chi connectivity index (χ0v) is 12.0. The van der Waals surface area contributed by atoms with Crippen LogP contribution in [-0.4, -0.2) is 29.4 Å². The van der Waals surface area contributed by atoms with Gasteiger partial charge in [0.1, 0.15) is 0 Å². The Balaban J connectivity index is 2.37. The van der Waals surface area contributed by atoms with Gasteiger partial charge in [0.25, 0.3) is 0 Å². The second kappa shape index (κ2) is 4.84. The number of fused-ring (bicyclic) bond motifs is 1. The Morgan fingerprint density at radius 2 is 2.00 bits per heavy atom. The first-order valence-electron chi connectivity index (χ1n) is 6.12. The molecule has 2 unspecified atom stereocenters. The van der Waals surface area contributed by atoms with Crippen LogP contribution in [-0.2, 0) is 4.79 Å². The maximum atomic E-state index is 10.9. The summed E-state index contributed by atoms with van der Waals surface area (Å²) >= 11 is 1.70. The molecule has 1 aliphatic heterocycles. The molecule has 0 bridgehead atoms. The van der Waals surface area contributed by atoms with Crippen LogP contribution in [0.1, 0.15) is 24.5 Å². The van der Waals surface area contributed by atoms with E-state index in [9.17, 15) is 4.79 Å². The van der Waals surface area contributed by atoms with Crippen LogP contribution in [0.25, 0.3) is 0 Å². The SMILES string of the molecule is Cc1cc2c(cc1C)N(C)C(C)C(CC(=O)O)S2. The molecule has 1 aromatic rings. The van der Waals surface area contributed by atoms with E-state index in [-0.39, 0.29) is 17.7 Å². The Labute approximate surface area is 112 Å². The van der Waals surface area contributed by atoms with Crippen LogP contribution in [0.15, 0.2) is 17.0 Å². The average molecular weight is 265 g/mol. The van der Waals surface area contributed by atoms with E-state index in [2.05, 4.69) is 37.8 Å². The molecule has 0 amide bonds. The Hall–Kier alpha value is -1.16. The minimum Gasteiger partial charge on any atom is -0.481 e. The van der Waals surface area contributed by atoms with E-state index in [1.54, 1.807) is 11.8 Å². The Morgan fingerprint density at radius 3 is 2.61 bits per heavy atom. The van der Waals surface area contributed by atoms with Crippen LogP contribution >= 0.6 is 11.8 Å². The van der Waals surface area contributed by atoms with Crippen LogP contribution in [0.2, 0.25) is 0 Å². The van der Waals surface area contributed by atoms with E-state index >= 15 is 0 Å². The Kier molecular flexibility index (Phi) is 3.57. The van der Waals surface area contributed by atoms with E-state index in [1.165, 1.54) is 21.7 Å². The van der Waals surface area contributed by atoms with Crippen LogP contribution in [0, 0.1) is 13.8 Å². The number of nitrogens with zero attached hydrogens (tertiary/aromatic N) is 1. The lowest BCUT2D eigenvalue weighted by atomic mass is 10.1. The molecule has 1 heterocycles. The monoisotopic (exact) mass is 265 g/mol. The Bertz CT molecular complexity index is 487. The number of aliphatic carboxylic acids is 1. The van der Waals surface area contributed by atoms with Crippen molar-refractivity contribution in [2.75, 3.05) is 11.9 Å². The molecule has 0 radical (unpaired) electrons. The minimum absolute atomic E-state index is 0.113. The van der Waals surface area contributed by atoms with Gasteiger partial charge in [0.05, 0.1) is 12.1 Å². The zero-order valence-electron chi connectivity index (χ0n) is 11.2. The topological polar surface area (TPSA) is 40.5 Å². The van der Waals surface area contributed by atoms with Gasteiger partial charge in [0, 0.05) is 23.2 Å². The normalized spacial score (nSPS) is 22.8. The van der Waals surface area contributed by atoms with Crippen molar-refractivity contribution in [2.45, 2.75) is 43.4 Å². The zero-order chi connectivity index (χ0) is 13.4. The number of carbonyl (C=O) groups is 1. The molecule has 0 fully saturated rings. The van der Waals surface area contributed by atoms with Crippen molar-refractivity contribution in [1.82, 2.24) is 0 Å². The van der Waals surface area contributed by atoms with Crippen molar-refractivity contribution in [3.63, 3.8) is 0 Å². The van der Waals surface area contributed by atoms with Crippen molar-refractivity contribution in [3.8, 4) is 0 Å². The highest BCUT2D eigenvalue weighted by Gasteiger charge is 2.31. The maximum Gasteiger partial charge on any atom is 0.304 e. The van der Waals surface area contributed by atoms with Gasteiger partial charge >= 0.3 is 5.97 Å². The first kappa shape index (κ1) is 13.3. The molecule has 0 saturated heterocycles. The first-order valence-corrected chi connectivity index (χ1v) is 7.00. The highest BCUT2D eigenvalue weighted by Crippen LogP contribution is 2.43. The molecule has 1 N–H and O–H groups in total. The molecular weight excluding hydrogens is 246 g/mol. The minimum atomic E-state index is -0.722. The summed E-state index contributed by atoms with van der Waals surface area (Å²) in [6.07, 6.45) is 0.211. The summed E-state index contributed by atoms with van der Waals surface area (Å²) in [5.74, 6) is -0.722. The molecule has 0 aromatic heterocycles. The van der Waals surface area contributed by atoms with Crippen molar-refractivity contribution < 1.29 is 9.90 Å². The van der Waals surface area contributed by atoms with Gasteiger partial charge in [-0.15, -0.1) is 11.8 Å². The smallest absolute Gasteiger partial charge is 0.304 e. The fourth-order valence-electron chi connectivity index (χ4n) is 2.26. The number of thioether (sulfide) groups is 1. The van der Waals surface area contributed by atoms with Gasteiger partial charge in [-0.3, -0.25) is 4.79 Å². The van der Waals surface area contributed by atoms with Gasteiger partial charge in [-0.1, -0.05) is 0 Å². The fourth-order valence-corrected chi connectivity index (χ4v) is 3.76. The largest absolute Gasteiger partial charge is 0.481 e. The maximum absolute atomic E-state index is 10.9. The highest BCUT2D eigenvalue weighted by molar-refractivity contribution is 8.00. The quantitative estimate of drug-likeness (QED) is 0.892. The van der Waals surface area contributed by atoms with Gasteiger partial charge < -0.3 is 10.0 Å². The lowest BCUT2D eigenvalue weighted by molar-refractivity contribution is -0.137. The summed E-state index contributed by atoms with van der Waals surface area (Å²) in [4.78, 5) is 14.3. The summed E-state index contributed by atoms with van der Waals surface area (Å²) in [6, 6.07) is 4.61. The molecule has 98 valence electrons. The third kappa shape index (κ3) is 2.34. The molecule has 1 aliphatic rings. The van der Waals surface area contributed by atoms with E-state index in [4.69, 9.17) is 5.11 Å². The number of hydrogen-bond donors (Lipinski definition) is 1. The fraction of sp³-hybridized carbons (Fsp3) is 0.500. The van der Waals surface area contributed by atoms with Gasteiger partial charge in [-0.2, -0.15) is 0 Å². The number of anilines is 1. The standard InChI is InChI=1S/C14H19NO2S/c1-8-5-11-13(6-9(8)2)18-12(7-14(16)17)10(3)15(11)4/h5-6,10,12H,7H2,1-4H3,(H,16,17). The van der Waals surface area contributed by atoms with Gasteiger partial charge in [-0.05, 0) is 44.0 Å². The number of hydrogen-bond acceptors (Lipinski definition) is 3. The van der Waals surface area contributed by atoms with E-state index in [0.29, 0.717) is 0 Å². The summed E-state index contributed by atoms with van der Waals surface area (Å²) in [5, 5.41) is 9.10. The second-order valence-electron chi connectivity index (χ2n) is 5.01. The molecule has 4 heteroatoms. The highest BCUT2D eigenvalue weighted by atomic mass is 32.2. The molecule has 0 spiro atoms. The molecule has 1 aromatic carbocycles. The second-order valence-corrected chi connectivity index (χ2v) is 6.29. The Morgan fingerprint density at radius 1 is 1.39 bits per heavy atom. The van der Waals surface area contributed by atoms with Crippen LogP contribution in [0.3, 0.4) is 0 Å². The number of aryl methyl sites for hydroxylation is 2. The molecule has 3 nitrogen and oxygen atoms in total. The first-order chi connectivity index (χ1) is 8.40. The number of carboxylic acids is 1. The summed E-state index contributed by atoms with van der Waals surface area (Å²) in [7, 11) is 2.05. The van der Waals surface area contributed by atoms with E-state index in [0.717, 1.165) is 0 Å². The molecule has 0 aliphatic carbocycles. The summed E-state index contributed by atoms with van der Waals surface area (Å²) < 4.78 is 0. The number of benzene rings is 1. The molecule has 0 saturated carbocycles. The van der Waals surface area contributed by atoms with E-state index in [1.807, 2.05) is 7.05 Å². The predicted molar refractivity (Wildman–Crippen MR) is 75.7 cm³/mol. The molecule has 2 rings (SSSR count). The third-order valence-electron chi connectivity index (χ3n) is 3.76. The summed E-state index contributed by atoms with van der Waals surface area (Å²) in [6.45, 7) is 6.31. The van der Waals surface area contributed by atoms with Crippen LogP contribution in [0.5, 0.6) is 0 Å². The lowest BCUT2D eigenvalue weighted by Crippen LogP contribution is -2.41. The van der Waals surface area contributed by atoms with Crippen molar-refractivity contribution in [3.05, 3.63) is 23.3 Å². The van der Waals surface area contributed by atoms with Gasteiger partial charge in [-0.25, -0.2) is 0 Å². The number of carboxylic acid groups (broad SMARTS) is 1. The average Bonchev–Trinajstić information content (AvgIpc) is 2.28.